The molecule has 4 unspecified atom stereocenters. The fraction of sp³-hybridized carbons (Fsp3) is 0.750. The summed E-state index contributed by atoms with van der Waals surface area (Å²) in [6.45, 7) is 21.4. The molecule has 21 heavy (non-hydrogen) atoms. The van der Waals surface area contributed by atoms with Gasteiger partial charge < -0.3 is 0 Å². The minimum Gasteiger partial charge on any atom is -0.299 e. The Morgan fingerprint density at radius 3 is 2.19 bits per heavy atom. The first-order valence-corrected chi connectivity index (χ1v) is 8.43. The highest BCUT2D eigenvalue weighted by Crippen LogP contribution is 2.42. The highest BCUT2D eigenvalue weighted by Gasteiger charge is 2.40. The lowest BCUT2D eigenvalue weighted by Crippen LogP contribution is -2.39. The van der Waals surface area contributed by atoms with Gasteiger partial charge in [0, 0.05) is 11.8 Å². The quantitative estimate of drug-likeness (QED) is 0.564. The number of hydrogen-bond donors (Lipinski definition) is 0. The Morgan fingerprint density at radius 2 is 1.67 bits per heavy atom. The van der Waals surface area contributed by atoms with Crippen LogP contribution in [0.5, 0.6) is 0 Å². The zero-order valence-electron chi connectivity index (χ0n) is 15.0. The van der Waals surface area contributed by atoms with E-state index in [1.807, 2.05) is 0 Å². The van der Waals surface area contributed by atoms with Crippen molar-refractivity contribution < 1.29 is 4.79 Å². The molecule has 0 aromatic rings. The summed E-state index contributed by atoms with van der Waals surface area (Å²) in [5.74, 6) is 1.43. The Morgan fingerprint density at radius 1 is 1.10 bits per heavy atom. The molecule has 0 amide bonds. The molecule has 0 aromatic carbocycles. The van der Waals surface area contributed by atoms with Crippen LogP contribution in [0.4, 0.5) is 0 Å². The third kappa shape index (κ3) is 4.56. The molecular weight excluding hydrogens is 256 g/mol. The average molecular weight is 290 g/mol. The molecule has 0 radical (unpaired) electrons. The summed E-state index contributed by atoms with van der Waals surface area (Å²) in [6.07, 6.45) is 4.35. The van der Waals surface area contributed by atoms with Crippen molar-refractivity contribution in [1.82, 2.24) is 0 Å². The van der Waals surface area contributed by atoms with E-state index in [-0.39, 0.29) is 17.3 Å². The third-order valence-electron chi connectivity index (χ3n) is 5.70. The molecule has 0 spiro atoms. The number of carbonyl (C=O) groups excluding carboxylic acids is 1. The van der Waals surface area contributed by atoms with Crippen molar-refractivity contribution >= 4 is 5.78 Å². The molecule has 1 aliphatic rings. The van der Waals surface area contributed by atoms with Gasteiger partial charge in [0.25, 0.3) is 0 Å². The van der Waals surface area contributed by atoms with Gasteiger partial charge in [-0.15, -0.1) is 6.58 Å². The number of Topliss-reactive ketones (excluding diaryl/α,β-unsaturated/α-hetero) is 1. The van der Waals surface area contributed by atoms with Gasteiger partial charge in [0.05, 0.1) is 0 Å². The van der Waals surface area contributed by atoms with Crippen molar-refractivity contribution in [3.8, 4) is 0 Å². The second-order valence-corrected chi connectivity index (χ2v) is 8.11. The molecule has 120 valence electrons. The average Bonchev–Trinajstić information content (AvgIpc) is 2.41. The Kier molecular flexibility index (Phi) is 6.01. The van der Waals surface area contributed by atoms with E-state index in [0.717, 1.165) is 25.7 Å². The summed E-state index contributed by atoms with van der Waals surface area (Å²) in [7, 11) is 0. The van der Waals surface area contributed by atoms with Crippen LogP contribution in [-0.2, 0) is 4.79 Å². The molecule has 0 aromatic heterocycles. The summed E-state index contributed by atoms with van der Waals surface area (Å²) >= 11 is 0. The summed E-state index contributed by atoms with van der Waals surface area (Å²) < 4.78 is 0. The molecular formula is C20H34O. The second-order valence-electron chi connectivity index (χ2n) is 8.11. The normalized spacial score (nSPS) is 30.6. The molecule has 1 nitrogen and oxygen atoms in total. The maximum atomic E-state index is 12.6. The lowest BCUT2D eigenvalue weighted by molar-refractivity contribution is -0.131. The van der Waals surface area contributed by atoms with Crippen LogP contribution in [0, 0.1) is 29.1 Å². The number of rotatable bonds is 6. The van der Waals surface area contributed by atoms with Gasteiger partial charge in [-0.3, -0.25) is 4.79 Å². The molecule has 0 aliphatic heterocycles. The third-order valence-corrected chi connectivity index (χ3v) is 5.70. The zero-order chi connectivity index (χ0) is 16.4. The fourth-order valence-electron chi connectivity index (χ4n) is 3.44. The molecule has 1 saturated carbocycles. The number of carbonyl (C=O) groups is 1. The van der Waals surface area contributed by atoms with E-state index in [2.05, 4.69) is 54.7 Å². The Bertz CT molecular complexity index is 416. The van der Waals surface area contributed by atoms with Crippen LogP contribution in [0.15, 0.2) is 24.3 Å². The second kappa shape index (κ2) is 6.94. The van der Waals surface area contributed by atoms with Crippen molar-refractivity contribution in [3.63, 3.8) is 0 Å². The molecule has 0 bridgehead atoms. The maximum Gasteiger partial charge on any atom is 0.139 e. The van der Waals surface area contributed by atoms with Gasteiger partial charge in [-0.05, 0) is 49.9 Å². The first-order valence-electron chi connectivity index (χ1n) is 8.43. The number of allylic oxidation sites excluding steroid dienone is 2. The summed E-state index contributed by atoms with van der Waals surface area (Å²) in [5.41, 5.74) is 2.81. The Labute approximate surface area is 131 Å². The van der Waals surface area contributed by atoms with Gasteiger partial charge in [-0.25, -0.2) is 0 Å². The van der Waals surface area contributed by atoms with Crippen molar-refractivity contribution in [1.29, 1.82) is 0 Å². The molecule has 0 heterocycles. The smallest absolute Gasteiger partial charge is 0.139 e. The molecule has 4 atom stereocenters. The highest BCUT2D eigenvalue weighted by atomic mass is 16.1. The van der Waals surface area contributed by atoms with Gasteiger partial charge in [0.1, 0.15) is 5.78 Å². The molecule has 1 fully saturated rings. The molecule has 1 heteroatoms. The van der Waals surface area contributed by atoms with Gasteiger partial charge in [-0.1, -0.05) is 52.3 Å². The molecule has 0 N–H and O–H groups in total. The van der Waals surface area contributed by atoms with Crippen molar-refractivity contribution in [2.45, 2.75) is 67.2 Å². The highest BCUT2D eigenvalue weighted by molar-refractivity contribution is 5.85. The van der Waals surface area contributed by atoms with E-state index in [4.69, 9.17) is 0 Å². The van der Waals surface area contributed by atoms with Gasteiger partial charge in [0.15, 0.2) is 0 Å². The maximum absolute atomic E-state index is 12.6. The molecule has 1 aliphatic carbocycles. The summed E-state index contributed by atoms with van der Waals surface area (Å²) in [6, 6.07) is 0. The minimum atomic E-state index is 0.136. The minimum absolute atomic E-state index is 0.136. The van der Waals surface area contributed by atoms with Gasteiger partial charge in [-0.2, -0.15) is 0 Å². The van der Waals surface area contributed by atoms with Gasteiger partial charge in [0.2, 0.25) is 0 Å². The van der Waals surface area contributed by atoms with Crippen molar-refractivity contribution in [3.05, 3.63) is 24.3 Å². The predicted molar refractivity (Wildman–Crippen MR) is 92.2 cm³/mol. The van der Waals surface area contributed by atoms with Crippen LogP contribution in [0.1, 0.15) is 67.2 Å². The lowest BCUT2D eigenvalue weighted by atomic mass is 9.64. The summed E-state index contributed by atoms with van der Waals surface area (Å²) in [4.78, 5) is 12.6. The first-order chi connectivity index (χ1) is 9.57. The van der Waals surface area contributed by atoms with Crippen LogP contribution < -0.4 is 0 Å². The topological polar surface area (TPSA) is 17.1 Å². The van der Waals surface area contributed by atoms with Crippen LogP contribution in [-0.4, -0.2) is 5.78 Å². The van der Waals surface area contributed by atoms with E-state index in [1.165, 1.54) is 11.1 Å². The van der Waals surface area contributed by atoms with Gasteiger partial charge >= 0.3 is 0 Å². The number of ketones is 1. The Balaban J connectivity index is 2.66. The van der Waals surface area contributed by atoms with E-state index in [1.54, 1.807) is 0 Å². The van der Waals surface area contributed by atoms with Crippen molar-refractivity contribution in [2.24, 2.45) is 29.1 Å². The molecule has 1 rings (SSSR count). The Hall–Kier alpha value is -0.850. The van der Waals surface area contributed by atoms with E-state index < -0.39 is 0 Å². The lowest BCUT2D eigenvalue weighted by Gasteiger charge is -2.39. The van der Waals surface area contributed by atoms with Crippen LogP contribution in [0.2, 0.25) is 0 Å². The standard InChI is InChI=1S/C20H34O/c1-13(2)9-11-20(7,8)12-10-18-16(5)14(3)15(4)17(6)19(18)21/h15-18H,1,3,9-12H2,2,4-8H3. The van der Waals surface area contributed by atoms with Crippen LogP contribution in [0.25, 0.3) is 0 Å². The van der Waals surface area contributed by atoms with E-state index >= 15 is 0 Å². The first kappa shape index (κ1) is 18.2. The van der Waals surface area contributed by atoms with Crippen molar-refractivity contribution in [2.75, 3.05) is 0 Å². The van der Waals surface area contributed by atoms with Crippen LogP contribution in [0.3, 0.4) is 0 Å². The summed E-state index contributed by atoms with van der Waals surface area (Å²) in [5, 5.41) is 0. The largest absolute Gasteiger partial charge is 0.299 e. The SMILES string of the molecule is C=C(C)CCC(C)(C)CCC1C(=O)C(C)C(C)C(=C)C1C. The van der Waals surface area contributed by atoms with E-state index in [9.17, 15) is 4.79 Å². The number of hydrogen-bond acceptors (Lipinski definition) is 1. The monoisotopic (exact) mass is 290 g/mol. The fourth-order valence-corrected chi connectivity index (χ4v) is 3.44. The van der Waals surface area contributed by atoms with E-state index in [0.29, 0.717) is 17.6 Å². The zero-order valence-corrected chi connectivity index (χ0v) is 15.0. The molecule has 0 saturated heterocycles. The predicted octanol–water partition coefficient (Wildman–Crippen LogP) is 5.81. The van der Waals surface area contributed by atoms with Crippen LogP contribution >= 0.6 is 0 Å².